The van der Waals surface area contributed by atoms with Gasteiger partial charge < -0.3 is 29.7 Å². The maximum atomic E-state index is 12.6. The Kier molecular flexibility index (Phi) is 8.12. The zero-order valence-electron chi connectivity index (χ0n) is 17.9. The van der Waals surface area contributed by atoms with Crippen LogP contribution in [0.3, 0.4) is 0 Å². The maximum Gasteiger partial charge on any atom is 0.321 e. The Morgan fingerprint density at radius 3 is 2.35 bits per heavy atom. The number of rotatable bonds is 8. The largest absolute Gasteiger partial charge is 0.495 e. The summed E-state index contributed by atoms with van der Waals surface area (Å²) in [5.41, 5.74) is 1.35. The van der Waals surface area contributed by atoms with Crippen LogP contribution in [0.15, 0.2) is 48.5 Å². The summed E-state index contributed by atoms with van der Waals surface area (Å²) in [6, 6.07) is 14.4. The number of nitrogens with zero attached hydrogens (tertiary/aromatic N) is 1. The van der Waals surface area contributed by atoms with Crippen LogP contribution in [-0.4, -0.2) is 57.4 Å². The third kappa shape index (κ3) is 6.36. The average Bonchev–Trinajstić information content (AvgIpc) is 2.81. The molecular formula is C23H29N3O5. The summed E-state index contributed by atoms with van der Waals surface area (Å²) < 4.78 is 15.8. The van der Waals surface area contributed by atoms with Crippen molar-refractivity contribution in [1.29, 1.82) is 0 Å². The first kappa shape index (κ1) is 22.4. The number of methoxy groups -OCH3 is 2. The third-order valence-electron chi connectivity index (χ3n) is 5.18. The summed E-state index contributed by atoms with van der Waals surface area (Å²) in [7, 11) is 3.20. The second kappa shape index (κ2) is 11.2. The highest BCUT2D eigenvalue weighted by Crippen LogP contribution is 2.26. The summed E-state index contributed by atoms with van der Waals surface area (Å²) in [5.74, 6) is 1.16. The van der Waals surface area contributed by atoms with Gasteiger partial charge >= 0.3 is 6.03 Å². The number of para-hydroxylation sites is 2. The van der Waals surface area contributed by atoms with Crippen molar-refractivity contribution < 1.29 is 23.8 Å². The van der Waals surface area contributed by atoms with Crippen LogP contribution >= 0.6 is 0 Å². The molecule has 8 nitrogen and oxygen atoms in total. The van der Waals surface area contributed by atoms with Crippen LogP contribution in [0.1, 0.15) is 12.8 Å². The molecule has 0 spiro atoms. The van der Waals surface area contributed by atoms with Gasteiger partial charge in [-0.3, -0.25) is 4.79 Å². The zero-order valence-corrected chi connectivity index (χ0v) is 17.9. The molecule has 0 aromatic heterocycles. The number of carbonyl (C=O) groups is 2. The van der Waals surface area contributed by atoms with Gasteiger partial charge in [0.1, 0.15) is 18.1 Å². The van der Waals surface area contributed by atoms with Crippen LogP contribution in [0.4, 0.5) is 16.2 Å². The number of amides is 3. The number of ether oxygens (including phenoxy) is 3. The number of benzene rings is 2. The predicted molar refractivity (Wildman–Crippen MR) is 119 cm³/mol. The van der Waals surface area contributed by atoms with E-state index in [4.69, 9.17) is 14.2 Å². The second-order valence-corrected chi connectivity index (χ2v) is 7.25. The van der Waals surface area contributed by atoms with Crippen molar-refractivity contribution in [2.24, 2.45) is 5.92 Å². The van der Waals surface area contributed by atoms with Crippen molar-refractivity contribution >= 4 is 23.3 Å². The molecule has 2 aromatic rings. The molecule has 1 aliphatic heterocycles. The molecule has 0 atom stereocenters. The SMILES string of the molecule is COCCOc1ccc(NC(=O)N2CCC(C(=O)Nc3ccccc3OC)CC2)cc1. The van der Waals surface area contributed by atoms with Gasteiger partial charge in [-0.25, -0.2) is 4.79 Å². The molecule has 0 aliphatic carbocycles. The van der Waals surface area contributed by atoms with Crippen LogP contribution in [-0.2, 0) is 9.53 Å². The van der Waals surface area contributed by atoms with E-state index in [0.717, 1.165) is 5.75 Å². The van der Waals surface area contributed by atoms with Gasteiger partial charge in [0.05, 0.1) is 19.4 Å². The lowest BCUT2D eigenvalue weighted by atomic mass is 9.96. The van der Waals surface area contributed by atoms with Crippen LogP contribution < -0.4 is 20.1 Å². The predicted octanol–water partition coefficient (Wildman–Crippen LogP) is 3.60. The number of urea groups is 1. The van der Waals surface area contributed by atoms with E-state index < -0.39 is 0 Å². The summed E-state index contributed by atoms with van der Waals surface area (Å²) in [6.45, 7) is 2.04. The number of anilines is 2. The summed E-state index contributed by atoms with van der Waals surface area (Å²) in [5, 5.41) is 5.83. The van der Waals surface area contributed by atoms with Crippen LogP contribution in [0.5, 0.6) is 11.5 Å². The number of carbonyl (C=O) groups excluding carboxylic acids is 2. The molecule has 8 heteroatoms. The van der Waals surface area contributed by atoms with Gasteiger partial charge in [-0.2, -0.15) is 0 Å². The van der Waals surface area contributed by atoms with Crippen molar-refractivity contribution in [2.45, 2.75) is 12.8 Å². The van der Waals surface area contributed by atoms with E-state index in [0.29, 0.717) is 56.3 Å². The highest BCUT2D eigenvalue weighted by atomic mass is 16.5. The highest BCUT2D eigenvalue weighted by molar-refractivity contribution is 5.94. The standard InChI is InChI=1S/C23H29N3O5/c1-29-15-16-31-19-9-7-18(8-10-19)24-23(28)26-13-11-17(12-14-26)22(27)25-20-5-3-4-6-21(20)30-2/h3-10,17H,11-16H2,1-2H3,(H,24,28)(H,25,27). The monoisotopic (exact) mass is 427 g/mol. The maximum absolute atomic E-state index is 12.6. The average molecular weight is 428 g/mol. The van der Waals surface area contributed by atoms with Crippen LogP contribution in [0.25, 0.3) is 0 Å². The number of piperidine rings is 1. The molecule has 0 radical (unpaired) electrons. The molecule has 0 unspecified atom stereocenters. The fourth-order valence-electron chi connectivity index (χ4n) is 3.41. The van der Waals surface area contributed by atoms with Crippen molar-refractivity contribution in [3.05, 3.63) is 48.5 Å². The molecule has 1 aliphatic rings. The van der Waals surface area contributed by atoms with Crippen LogP contribution in [0.2, 0.25) is 0 Å². The topological polar surface area (TPSA) is 89.1 Å². The van der Waals surface area contributed by atoms with E-state index in [1.165, 1.54) is 0 Å². The highest BCUT2D eigenvalue weighted by Gasteiger charge is 2.27. The van der Waals surface area contributed by atoms with Gasteiger partial charge in [0, 0.05) is 31.8 Å². The van der Waals surface area contributed by atoms with Crippen LogP contribution in [0, 0.1) is 5.92 Å². The zero-order chi connectivity index (χ0) is 22.1. The van der Waals surface area contributed by atoms with E-state index in [2.05, 4.69) is 10.6 Å². The summed E-state index contributed by atoms with van der Waals surface area (Å²) in [6.07, 6.45) is 1.22. The van der Waals surface area contributed by atoms with Gasteiger partial charge in [-0.05, 0) is 49.2 Å². The molecule has 31 heavy (non-hydrogen) atoms. The first-order valence-corrected chi connectivity index (χ1v) is 10.3. The second-order valence-electron chi connectivity index (χ2n) is 7.25. The fourth-order valence-corrected chi connectivity index (χ4v) is 3.41. The lowest BCUT2D eigenvalue weighted by molar-refractivity contribution is -0.121. The van der Waals surface area contributed by atoms with Crippen molar-refractivity contribution in [2.75, 3.05) is 51.2 Å². The molecule has 1 saturated heterocycles. The van der Waals surface area contributed by atoms with Gasteiger partial charge in [0.25, 0.3) is 0 Å². The minimum atomic E-state index is -0.170. The smallest absolute Gasteiger partial charge is 0.321 e. The Balaban J connectivity index is 1.45. The van der Waals surface area contributed by atoms with Crippen molar-refractivity contribution in [3.63, 3.8) is 0 Å². The molecule has 0 saturated carbocycles. The van der Waals surface area contributed by atoms with Crippen molar-refractivity contribution in [3.8, 4) is 11.5 Å². The van der Waals surface area contributed by atoms with Gasteiger partial charge in [-0.1, -0.05) is 12.1 Å². The Morgan fingerprint density at radius 1 is 0.968 bits per heavy atom. The minimum absolute atomic E-state index is 0.0476. The summed E-state index contributed by atoms with van der Waals surface area (Å²) in [4.78, 5) is 26.9. The first-order chi connectivity index (χ1) is 15.1. The number of nitrogens with one attached hydrogen (secondary N) is 2. The Bertz CT molecular complexity index is 864. The normalized spacial score (nSPS) is 14.1. The first-order valence-electron chi connectivity index (χ1n) is 10.3. The minimum Gasteiger partial charge on any atom is -0.495 e. The molecular weight excluding hydrogens is 398 g/mol. The Hall–Kier alpha value is -3.26. The molecule has 0 bridgehead atoms. The molecule has 3 amide bonds. The molecule has 1 heterocycles. The number of hydrogen-bond acceptors (Lipinski definition) is 5. The van der Waals surface area contributed by atoms with E-state index in [-0.39, 0.29) is 17.9 Å². The van der Waals surface area contributed by atoms with E-state index >= 15 is 0 Å². The number of likely N-dealkylation sites (tertiary alicyclic amines) is 1. The third-order valence-corrected chi connectivity index (χ3v) is 5.18. The van der Waals surface area contributed by atoms with E-state index in [9.17, 15) is 9.59 Å². The Labute approximate surface area is 182 Å². The fraction of sp³-hybridized carbons (Fsp3) is 0.391. The van der Waals surface area contributed by atoms with E-state index in [1.807, 2.05) is 18.2 Å². The lowest BCUT2D eigenvalue weighted by Crippen LogP contribution is -2.43. The molecule has 166 valence electrons. The van der Waals surface area contributed by atoms with E-state index in [1.54, 1.807) is 49.5 Å². The summed E-state index contributed by atoms with van der Waals surface area (Å²) >= 11 is 0. The van der Waals surface area contributed by atoms with Gasteiger partial charge in [-0.15, -0.1) is 0 Å². The Morgan fingerprint density at radius 2 is 1.68 bits per heavy atom. The van der Waals surface area contributed by atoms with Gasteiger partial charge in [0.2, 0.25) is 5.91 Å². The van der Waals surface area contributed by atoms with Gasteiger partial charge in [0.15, 0.2) is 0 Å². The molecule has 1 fully saturated rings. The lowest BCUT2D eigenvalue weighted by Gasteiger charge is -2.31. The van der Waals surface area contributed by atoms with Crippen molar-refractivity contribution in [1.82, 2.24) is 4.90 Å². The molecule has 3 rings (SSSR count). The number of hydrogen-bond donors (Lipinski definition) is 2. The molecule has 2 N–H and O–H groups in total. The molecule has 2 aromatic carbocycles. The quantitative estimate of drug-likeness (QED) is 0.629.